The van der Waals surface area contributed by atoms with Crippen LogP contribution in [0.15, 0.2) is 61.2 Å². The number of fused-ring (bicyclic) bond motifs is 1. The van der Waals surface area contributed by atoms with Gasteiger partial charge in [-0.15, -0.1) is 0 Å². The van der Waals surface area contributed by atoms with Crippen molar-refractivity contribution in [3.63, 3.8) is 0 Å². The van der Waals surface area contributed by atoms with Crippen molar-refractivity contribution in [2.24, 2.45) is 0 Å². The van der Waals surface area contributed by atoms with Crippen molar-refractivity contribution >= 4 is 23.2 Å². The molecule has 0 unspecified atom stereocenters. The fourth-order valence-corrected chi connectivity index (χ4v) is 2.93. The first-order chi connectivity index (χ1) is 11.6. The Labute approximate surface area is 138 Å². The quantitative estimate of drug-likeness (QED) is 0.678. The van der Waals surface area contributed by atoms with Gasteiger partial charge in [0.05, 0.1) is 17.7 Å². The Kier molecular flexibility index (Phi) is 3.27. The largest absolute Gasteiger partial charge is 0.311 e. The second-order valence-electron chi connectivity index (χ2n) is 5.62. The number of carbonyl (C=O) groups excluding carboxylic acids is 1. The van der Waals surface area contributed by atoms with Crippen LogP contribution in [0, 0.1) is 5.82 Å². The molecule has 0 aliphatic carbocycles. The Morgan fingerprint density at radius 2 is 1.96 bits per heavy atom. The minimum Gasteiger partial charge on any atom is -0.311 e. The fraction of sp³-hybridized carbons (Fsp3) is 0.0526. The van der Waals surface area contributed by atoms with Crippen LogP contribution in [0.25, 0.3) is 17.3 Å². The Morgan fingerprint density at radius 3 is 2.71 bits per heavy atom. The zero-order valence-corrected chi connectivity index (χ0v) is 13.0. The van der Waals surface area contributed by atoms with Gasteiger partial charge in [-0.05, 0) is 29.8 Å². The molecule has 0 saturated heterocycles. The molecule has 0 spiro atoms. The smallest absolute Gasteiger partial charge is 0.258 e. The average Bonchev–Trinajstić information content (AvgIpc) is 3.19. The van der Waals surface area contributed by atoms with Crippen LogP contribution in [-0.2, 0) is 4.79 Å². The normalized spacial score (nSPS) is 15.2. The number of hydrogen-bond acceptors (Lipinski definition) is 2. The van der Waals surface area contributed by atoms with E-state index in [1.165, 1.54) is 6.07 Å². The molecule has 1 aromatic heterocycles. The summed E-state index contributed by atoms with van der Waals surface area (Å²) in [7, 11) is 1.74. The molecular formula is C19H14FN3O. The summed E-state index contributed by atoms with van der Waals surface area (Å²) in [6, 6.07) is 12.5. The molecular weight excluding hydrogens is 305 g/mol. The monoisotopic (exact) mass is 319 g/mol. The zero-order valence-electron chi connectivity index (χ0n) is 13.0. The highest BCUT2D eigenvalue weighted by Crippen LogP contribution is 2.36. The van der Waals surface area contributed by atoms with E-state index >= 15 is 0 Å². The van der Waals surface area contributed by atoms with Gasteiger partial charge in [0.2, 0.25) is 0 Å². The highest BCUT2D eigenvalue weighted by atomic mass is 19.1. The molecule has 1 aliphatic rings. The summed E-state index contributed by atoms with van der Waals surface area (Å²) in [5.74, 6) is -0.454. The number of imidazole rings is 1. The lowest BCUT2D eigenvalue weighted by Gasteiger charge is -2.08. The number of nitrogens with zero attached hydrogens (tertiary/aromatic N) is 3. The summed E-state index contributed by atoms with van der Waals surface area (Å²) in [5, 5.41) is 0. The van der Waals surface area contributed by atoms with Crippen molar-refractivity contribution in [2.45, 2.75) is 0 Å². The van der Waals surface area contributed by atoms with Crippen molar-refractivity contribution in [1.29, 1.82) is 0 Å². The number of benzene rings is 2. The van der Waals surface area contributed by atoms with Gasteiger partial charge in [0.15, 0.2) is 0 Å². The van der Waals surface area contributed by atoms with E-state index in [4.69, 9.17) is 0 Å². The number of amides is 1. The van der Waals surface area contributed by atoms with Crippen LogP contribution in [-0.4, -0.2) is 22.5 Å². The van der Waals surface area contributed by atoms with Gasteiger partial charge >= 0.3 is 0 Å². The molecule has 2 heterocycles. The van der Waals surface area contributed by atoms with E-state index < -0.39 is 0 Å². The van der Waals surface area contributed by atoms with Crippen LogP contribution >= 0.6 is 0 Å². The van der Waals surface area contributed by atoms with Crippen LogP contribution in [0.1, 0.15) is 11.1 Å². The lowest BCUT2D eigenvalue weighted by atomic mass is 10.0. The highest BCUT2D eigenvalue weighted by molar-refractivity contribution is 6.35. The first-order valence-corrected chi connectivity index (χ1v) is 7.52. The van der Waals surface area contributed by atoms with Gasteiger partial charge < -0.3 is 9.47 Å². The van der Waals surface area contributed by atoms with Gasteiger partial charge in [0.25, 0.3) is 5.91 Å². The molecule has 0 saturated carbocycles. The van der Waals surface area contributed by atoms with Crippen molar-refractivity contribution in [2.75, 3.05) is 11.9 Å². The van der Waals surface area contributed by atoms with E-state index in [1.54, 1.807) is 53.4 Å². The highest BCUT2D eigenvalue weighted by Gasteiger charge is 2.28. The molecule has 0 fully saturated rings. The molecule has 2 aromatic carbocycles. The average molecular weight is 319 g/mol. The number of rotatable bonds is 2. The third-order valence-corrected chi connectivity index (χ3v) is 4.16. The molecule has 0 N–H and O–H groups in total. The predicted octanol–water partition coefficient (Wildman–Crippen LogP) is 3.53. The molecule has 0 radical (unpaired) electrons. The Bertz CT molecular complexity index is 961. The molecule has 5 heteroatoms. The van der Waals surface area contributed by atoms with E-state index in [9.17, 15) is 9.18 Å². The molecule has 0 bridgehead atoms. The Hall–Kier alpha value is -3.21. The summed E-state index contributed by atoms with van der Waals surface area (Å²) >= 11 is 0. The van der Waals surface area contributed by atoms with Crippen LogP contribution in [0.5, 0.6) is 0 Å². The molecule has 1 aliphatic heterocycles. The molecule has 1 amide bonds. The first-order valence-electron chi connectivity index (χ1n) is 7.52. The number of likely N-dealkylation sites (N-methyl/N-ethyl adjacent to an activating group) is 1. The fourth-order valence-electron chi connectivity index (χ4n) is 2.93. The van der Waals surface area contributed by atoms with Crippen molar-refractivity contribution in [3.8, 4) is 5.69 Å². The second-order valence-corrected chi connectivity index (χ2v) is 5.62. The van der Waals surface area contributed by atoms with Crippen LogP contribution < -0.4 is 4.90 Å². The number of carbonyl (C=O) groups is 1. The van der Waals surface area contributed by atoms with Gasteiger partial charge in [0, 0.05) is 30.6 Å². The van der Waals surface area contributed by atoms with Crippen molar-refractivity contribution < 1.29 is 9.18 Å². The molecule has 24 heavy (non-hydrogen) atoms. The Morgan fingerprint density at radius 1 is 1.12 bits per heavy atom. The SMILES string of the molecule is CN1C(=O)/C(=C\c2ccc(-n3ccnc3)c(F)c2)c2ccccc21. The van der Waals surface area contributed by atoms with Crippen molar-refractivity contribution in [1.82, 2.24) is 9.55 Å². The standard InChI is InChI=1S/C19H14FN3O/c1-22-17-5-3-2-4-14(17)15(19(22)24)10-13-6-7-18(16(20)11-13)23-9-8-21-12-23/h2-12H,1H3/b15-10-. The minimum absolute atomic E-state index is 0.0877. The van der Waals surface area contributed by atoms with Crippen molar-refractivity contribution in [3.05, 3.63) is 78.1 Å². The number of halogens is 1. The molecule has 3 aromatic rings. The third kappa shape index (κ3) is 2.22. The number of aromatic nitrogens is 2. The van der Waals surface area contributed by atoms with E-state index in [2.05, 4.69) is 4.98 Å². The van der Waals surface area contributed by atoms with Crippen LogP contribution in [0.3, 0.4) is 0 Å². The van der Waals surface area contributed by atoms with E-state index in [0.29, 0.717) is 16.8 Å². The summed E-state index contributed by atoms with van der Waals surface area (Å²) in [6.07, 6.45) is 6.55. The van der Waals surface area contributed by atoms with Crippen LogP contribution in [0.4, 0.5) is 10.1 Å². The van der Waals surface area contributed by atoms with Gasteiger partial charge in [-0.25, -0.2) is 9.37 Å². The lowest BCUT2D eigenvalue weighted by Crippen LogP contribution is -2.20. The number of anilines is 1. The summed E-state index contributed by atoms with van der Waals surface area (Å²) < 4.78 is 16.0. The van der Waals surface area contributed by atoms with Gasteiger partial charge in [0.1, 0.15) is 5.82 Å². The zero-order chi connectivity index (χ0) is 16.7. The molecule has 4 rings (SSSR count). The Balaban J connectivity index is 1.77. The van der Waals surface area contributed by atoms with Gasteiger partial charge in [-0.2, -0.15) is 0 Å². The topological polar surface area (TPSA) is 38.1 Å². The number of hydrogen-bond donors (Lipinski definition) is 0. The second kappa shape index (κ2) is 5.45. The maximum absolute atomic E-state index is 14.4. The predicted molar refractivity (Wildman–Crippen MR) is 91.2 cm³/mol. The molecule has 4 nitrogen and oxygen atoms in total. The maximum Gasteiger partial charge on any atom is 0.258 e. The summed E-state index contributed by atoms with van der Waals surface area (Å²) in [6.45, 7) is 0. The third-order valence-electron chi connectivity index (χ3n) is 4.16. The van der Waals surface area contributed by atoms with E-state index in [0.717, 1.165) is 11.3 Å². The maximum atomic E-state index is 14.4. The van der Waals surface area contributed by atoms with E-state index in [-0.39, 0.29) is 11.7 Å². The first kappa shape index (κ1) is 14.4. The molecule has 0 atom stereocenters. The van der Waals surface area contributed by atoms with Gasteiger partial charge in [-0.3, -0.25) is 4.79 Å². The molecule has 118 valence electrons. The minimum atomic E-state index is -0.366. The van der Waals surface area contributed by atoms with E-state index in [1.807, 2.05) is 24.3 Å². The lowest BCUT2D eigenvalue weighted by molar-refractivity contribution is -0.112. The van der Waals surface area contributed by atoms with Gasteiger partial charge in [-0.1, -0.05) is 24.3 Å². The summed E-state index contributed by atoms with van der Waals surface area (Å²) in [5.41, 5.74) is 3.37. The van der Waals surface area contributed by atoms with Crippen LogP contribution in [0.2, 0.25) is 0 Å². The summed E-state index contributed by atoms with van der Waals surface area (Å²) in [4.78, 5) is 18.0. The number of para-hydroxylation sites is 1.